The van der Waals surface area contributed by atoms with E-state index in [2.05, 4.69) is 0 Å². The standard InChI is InChI=1S/C14H13FN2/c1-17(13-9-5-8-12(15)10-13)14(16)11-6-3-2-4-7-11/h2-10,16H,1H3. The first-order valence-corrected chi connectivity index (χ1v) is 5.32. The van der Waals surface area contributed by atoms with E-state index in [1.165, 1.54) is 12.1 Å². The van der Waals surface area contributed by atoms with E-state index in [1.54, 1.807) is 24.1 Å². The monoisotopic (exact) mass is 228 g/mol. The summed E-state index contributed by atoms with van der Waals surface area (Å²) in [6, 6.07) is 15.6. The smallest absolute Gasteiger partial charge is 0.132 e. The summed E-state index contributed by atoms with van der Waals surface area (Å²) in [5.41, 5.74) is 1.47. The van der Waals surface area contributed by atoms with Crippen molar-refractivity contribution in [3.05, 3.63) is 66.0 Å². The van der Waals surface area contributed by atoms with Crippen LogP contribution in [0.25, 0.3) is 0 Å². The van der Waals surface area contributed by atoms with Gasteiger partial charge in [-0.15, -0.1) is 0 Å². The maximum Gasteiger partial charge on any atom is 0.132 e. The quantitative estimate of drug-likeness (QED) is 0.619. The van der Waals surface area contributed by atoms with Crippen LogP contribution in [0.3, 0.4) is 0 Å². The van der Waals surface area contributed by atoms with Crippen LogP contribution < -0.4 is 4.90 Å². The molecule has 0 heterocycles. The SMILES string of the molecule is CN(C(=N)c1ccccc1)c1cccc(F)c1. The van der Waals surface area contributed by atoms with Crippen molar-refractivity contribution in [3.63, 3.8) is 0 Å². The lowest BCUT2D eigenvalue weighted by atomic mass is 10.2. The van der Waals surface area contributed by atoms with Gasteiger partial charge in [-0.25, -0.2) is 4.39 Å². The average Bonchev–Trinajstić information content (AvgIpc) is 2.38. The Hall–Kier alpha value is -2.16. The Balaban J connectivity index is 2.27. The van der Waals surface area contributed by atoms with Gasteiger partial charge >= 0.3 is 0 Å². The minimum absolute atomic E-state index is 0.296. The molecule has 0 aliphatic carbocycles. The molecule has 0 radical (unpaired) electrons. The zero-order valence-electron chi connectivity index (χ0n) is 9.52. The first-order chi connectivity index (χ1) is 8.18. The molecule has 0 amide bonds. The molecule has 0 aliphatic heterocycles. The molecule has 0 atom stereocenters. The van der Waals surface area contributed by atoms with Gasteiger partial charge in [0.05, 0.1) is 0 Å². The number of amidine groups is 1. The highest BCUT2D eigenvalue weighted by Gasteiger charge is 2.09. The number of hydrogen-bond acceptors (Lipinski definition) is 1. The number of nitrogens with zero attached hydrogens (tertiary/aromatic N) is 1. The fraction of sp³-hybridized carbons (Fsp3) is 0.0714. The van der Waals surface area contributed by atoms with Crippen LogP contribution in [0.15, 0.2) is 54.6 Å². The number of rotatable bonds is 2. The van der Waals surface area contributed by atoms with Crippen molar-refractivity contribution in [2.45, 2.75) is 0 Å². The molecule has 0 saturated carbocycles. The summed E-state index contributed by atoms with van der Waals surface area (Å²) >= 11 is 0. The maximum atomic E-state index is 13.1. The molecule has 86 valence electrons. The molecule has 0 aliphatic rings. The van der Waals surface area contributed by atoms with Gasteiger partial charge < -0.3 is 4.90 Å². The van der Waals surface area contributed by atoms with Gasteiger partial charge in [0.1, 0.15) is 11.7 Å². The van der Waals surface area contributed by atoms with Gasteiger partial charge in [-0.05, 0) is 18.2 Å². The predicted molar refractivity (Wildman–Crippen MR) is 68.1 cm³/mol. The van der Waals surface area contributed by atoms with E-state index in [1.807, 2.05) is 30.3 Å². The highest BCUT2D eigenvalue weighted by Crippen LogP contribution is 2.16. The molecule has 0 unspecified atom stereocenters. The zero-order valence-corrected chi connectivity index (χ0v) is 9.52. The Labute approximate surface area is 99.8 Å². The van der Waals surface area contributed by atoms with E-state index in [4.69, 9.17) is 5.41 Å². The number of benzene rings is 2. The Kier molecular flexibility index (Phi) is 3.19. The van der Waals surface area contributed by atoms with Crippen molar-refractivity contribution in [1.29, 1.82) is 5.41 Å². The number of hydrogen-bond donors (Lipinski definition) is 1. The third-order valence-electron chi connectivity index (χ3n) is 2.58. The van der Waals surface area contributed by atoms with Crippen LogP contribution in [-0.4, -0.2) is 12.9 Å². The molecule has 2 aromatic carbocycles. The summed E-state index contributed by atoms with van der Waals surface area (Å²) in [6.07, 6.45) is 0. The van der Waals surface area contributed by atoms with Crippen LogP contribution in [0.5, 0.6) is 0 Å². The highest BCUT2D eigenvalue weighted by atomic mass is 19.1. The van der Waals surface area contributed by atoms with Crippen LogP contribution in [0.2, 0.25) is 0 Å². The molecule has 3 heteroatoms. The number of anilines is 1. The maximum absolute atomic E-state index is 13.1. The molecule has 0 fully saturated rings. The van der Waals surface area contributed by atoms with E-state index in [9.17, 15) is 4.39 Å². The molecule has 0 saturated heterocycles. The van der Waals surface area contributed by atoms with Gasteiger partial charge in [0.2, 0.25) is 0 Å². The molecule has 0 aromatic heterocycles. The first-order valence-electron chi connectivity index (χ1n) is 5.32. The third kappa shape index (κ3) is 2.50. The summed E-state index contributed by atoms with van der Waals surface area (Å²) in [5.74, 6) is 0.0476. The lowest BCUT2D eigenvalue weighted by molar-refractivity contribution is 0.628. The van der Waals surface area contributed by atoms with E-state index in [-0.39, 0.29) is 5.82 Å². The average molecular weight is 228 g/mol. The molecule has 17 heavy (non-hydrogen) atoms. The highest BCUT2D eigenvalue weighted by molar-refractivity contribution is 6.07. The van der Waals surface area contributed by atoms with Crippen LogP contribution >= 0.6 is 0 Å². The summed E-state index contributed by atoms with van der Waals surface area (Å²) in [6.45, 7) is 0. The van der Waals surface area contributed by atoms with E-state index in [0.29, 0.717) is 11.5 Å². The minimum atomic E-state index is -0.296. The van der Waals surface area contributed by atoms with E-state index < -0.39 is 0 Å². The van der Waals surface area contributed by atoms with Gasteiger partial charge in [0.15, 0.2) is 0 Å². The lowest BCUT2D eigenvalue weighted by Gasteiger charge is -2.20. The van der Waals surface area contributed by atoms with Crippen molar-refractivity contribution in [1.82, 2.24) is 0 Å². The topological polar surface area (TPSA) is 27.1 Å². The zero-order chi connectivity index (χ0) is 12.3. The van der Waals surface area contributed by atoms with Crippen molar-refractivity contribution in [2.24, 2.45) is 0 Å². The summed E-state index contributed by atoms with van der Waals surface area (Å²) < 4.78 is 13.1. The van der Waals surface area contributed by atoms with E-state index >= 15 is 0 Å². The molecule has 2 nitrogen and oxygen atoms in total. The fourth-order valence-electron chi connectivity index (χ4n) is 1.60. The second-order valence-electron chi connectivity index (χ2n) is 3.75. The lowest BCUT2D eigenvalue weighted by Crippen LogP contribution is -2.26. The summed E-state index contributed by atoms with van der Waals surface area (Å²) in [4.78, 5) is 1.65. The second-order valence-corrected chi connectivity index (χ2v) is 3.75. The normalized spacial score (nSPS) is 10.0. The number of nitrogens with one attached hydrogen (secondary N) is 1. The van der Waals surface area contributed by atoms with E-state index in [0.717, 1.165) is 5.56 Å². The van der Waals surface area contributed by atoms with Gasteiger partial charge in [0, 0.05) is 18.3 Å². The molecule has 0 bridgehead atoms. The third-order valence-corrected chi connectivity index (χ3v) is 2.58. The molecule has 2 aromatic rings. The summed E-state index contributed by atoms with van der Waals surface area (Å²) in [5, 5.41) is 8.05. The van der Waals surface area contributed by atoms with Gasteiger partial charge in [-0.1, -0.05) is 36.4 Å². The molecule has 2 rings (SSSR count). The molecular formula is C14H13FN2. The predicted octanol–water partition coefficient (Wildman–Crippen LogP) is 3.29. The Morgan fingerprint density at radius 1 is 1.06 bits per heavy atom. The fourth-order valence-corrected chi connectivity index (χ4v) is 1.60. The first kappa shape index (κ1) is 11.3. The molecule has 0 spiro atoms. The van der Waals surface area contributed by atoms with Crippen molar-refractivity contribution >= 4 is 11.5 Å². The Bertz CT molecular complexity index is 523. The minimum Gasteiger partial charge on any atom is -0.329 e. The second kappa shape index (κ2) is 4.78. The van der Waals surface area contributed by atoms with Crippen molar-refractivity contribution in [2.75, 3.05) is 11.9 Å². The molecular weight excluding hydrogens is 215 g/mol. The Morgan fingerprint density at radius 2 is 1.76 bits per heavy atom. The van der Waals surface area contributed by atoms with Crippen LogP contribution in [0, 0.1) is 11.2 Å². The Morgan fingerprint density at radius 3 is 2.41 bits per heavy atom. The van der Waals surface area contributed by atoms with Gasteiger partial charge in [0.25, 0.3) is 0 Å². The largest absolute Gasteiger partial charge is 0.329 e. The van der Waals surface area contributed by atoms with Crippen LogP contribution in [0.4, 0.5) is 10.1 Å². The van der Waals surface area contributed by atoms with Crippen molar-refractivity contribution < 1.29 is 4.39 Å². The van der Waals surface area contributed by atoms with Crippen molar-refractivity contribution in [3.8, 4) is 0 Å². The number of halogens is 1. The molecule has 1 N–H and O–H groups in total. The van der Waals surface area contributed by atoms with Gasteiger partial charge in [-0.3, -0.25) is 5.41 Å². The van der Waals surface area contributed by atoms with Crippen LogP contribution in [0.1, 0.15) is 5.56 Å². The van der Waals surface area contributed by atoms with Gasteiger partial charge in [-0.2, -0.15) is 0 Å². The summed E-state index contributed by atoms with van der Waals surface area (Å²) in [7, 11) is 1.75. The van der Waals surface area contributed by atoms with Crippen LogP contribution in [-0.2, 0) is 0 Å².